The first-order valence-electron chi connectivity index (χ1n) is 7.27. The van der Waals surface area contributed by atoms with E-state index in [0.29, 0.717) is 11.8 Å². The van der Waals surface area contributed by atoms with Gasteiger partial charge in [-0.05, 0) is 54.1 Å². The minimum absolute atomic E-state index is 0.549. The van der Waals surface area contributed by atoms with Crippen LogP contribution in [0.15, 0.2) is 58.3 Å². The number of rotatable bonds is 8. The first-order valence-corrected chi connectivity index (χ1v) is 10.8. The second-order valence-corrected chi connectivity index (χ2v) is 8.73. The van der Waals surface area contributed by atoms with Gasteiger partial charge in [0.1, 0.15) is 9.83 Å². The van der Waals surface area contributed by atoms with E-state index < -0.39 is 9.83 Å². The van der Waals surface area contributed by atoms with Crippen molar-refractivity contribution in [2.45, 2.75) is 16.7 Å². The highest BCUT2D eigenvalue weighted by Gasteiger charge is 2.09. The molecule has 0 aliphatic carbocycles. The van der Waals surface area contributed by atoms with E-state index in [1.54, 1.807) is 0 Å². The van der Waals surface area contributed by atoms with E-state index in [9.17, 15) is 4.21 Å². The van der Waals surface area contributed by atoms with E-state index in [4.69, 9.17) is 23.2 Å². The van der Waals surface area contributed by atoms with Gasteiger partial charge in [0.05, 0.1) is 4.90 Å². The molecule has 0 amide bonds. The van der Waals surface area contributed by atoms with E-state index in [0.717, 1.165) is 28.6 Å². The molecule has 0 saturated heterocycles. The van der Waals surface area contributed by atoms with Gasteiger partial charge in [-0.25, -0.2) is 4.21 Å². The van der Waals surface area contributed by atoms with Crippen LogP contribution in [0.25, 0.3) is 0 Å². The number of hydrogen-bond donors (Lipinski definition) is 0. The van der Waals surface area contributed by atoms with Crippen LogP contribution in [0.3, 0.4) is 0 Å². The van der Waals surface area contributed by atoms with Crippen LogP contribution in [0.5, 0.6) is 0 Å². The predicted molar refractivity (Wildman–Crippen MR) is 104 cm³/mol. The third kappa shape index (κ3) is 5.71. The smallest absolute Gasteiger partial charge is 0.117 e. The normalized spacial score (nSPS) is 12.1. The summed E-state index contributed by atoms with van der Waals surface area (Å²) in [5.74, 6) is 1.10. The Kier molecular flexibility index (Phi) is 7.77. The number of anilines is 1. The first-order chi connectivity index (χ1) is 11.1. The summed E-state index contributed by atoms with van der Waals surface area (Å²) in [6.07, 6.45) is 0. The molecule has 2 rings (SSSR count). The molecule has 0 N–H and O–H groups in total. The fourth-order valence-electron chi connectivity index (χ4n) is 2.07. The van der Waals surface area contributed by atoms with Crippen LogP contribution in [0, 0.1) is 6.92 Å². The molecule has 2 aromatic carbocycles. The van der Waals surface area contributed by atoms with Crippen LogP contribution >= 0.6 is 34.0 Å². The van der Waals surface area contributed by atoms with E-state index in [2.05, 4.69) is 4.90 Å². The average molecular weight is 388 g/mol. The van der Waals surface area contributed by atoms with Gasteiger partial charge < -0.3 is 4.90 Å². The van der Waals surface area contributed by atoms with Gasteiger partial charge >= 0.3 is 0 Å². The molecule has 1 atom stereocenters. The Morgan fingerprint density at radius 3 is 2.04 bits per heavy atom. The topological polar surface area (TPSA) is 20.3 Å². The fourth-order valence-corrected chi connectivity index (χ4v) is 4.84. The lowest BCUT2D eigenvalue weighted by Crippen LogP contribution is -2.27. The van der Waals surface area contributed by atoms with Crippen LogP contribution < -0.4 is 4.90 Å². The molecule has 0 fully saturated rings. The van der Waals surface area contributed by atoms with Crippen molar-refractivity contribution in [1.29, 1.82) is 0 Å². The summed E-state index contributed by atoms with van der Waals surface area (Å²) in [5, 5.41) is 0. The quantitative estimate of drug-likeness (QED) is 0.464. The minimum Gasteiger partial charge on any atom is -0.369 e. The third-order valence-electron chi connectivity index (χ3n) is 3.30. The molecular weight excluding hydrogens is 369 g/mol. The summed E-state index contributed by atoms with van der Waals surface area (Å²) in [5.41, 5.74) is 2.25. The second kappa shape index (κ2) is 9.58. The Hall–Kier alpha value is -0.680. The van der Waals surface area contributed by atoms with E-state index in [1.807, 2.05) is 55.5 Å². The van der Waals surface area contributed by atoms with Crippen molar-refractivity contribution in [1.82, 2.24) is 0 Å². The Balaban J connectivity index is 2.05. The zero-order valence-corrected chi connectivity index (χ0v) is 16.0. The number of aryl methyl sites for hydroxylation is 1. The summed E-state index contributed by atoms with van der Waals surface area (Å²) < 4.78 is 12.4. The molecule has 0 aromatic heterocycles. The van der Waals surface area contributed by atoms with Crippen molar-refractivity contribution >= 4 is 49.5 Å². The number of benzene rings is 2. The van der Waals surface area contributed by atoms with Gasteiger partial charge in [0, 0.05) is 35.4 Å². The summed E-state index contributed by atoms with van der Waals surface area (Å²) in [6.45, 7) is 3.53. The zero-order valence-electron chi connectivity index (χ0n) is 12.9. The lowest BCUT2D eigenvalue weighted by Gasteiger charge is -2.22. The van der Waals surface area contributed by atoms with E-state index in [1.165, 1.54) is 16.4 Å². The Bertz CT molecular complexity index is 626. The average Bonchev–Trinajstić information content (AvgIpc) is 2.57. The molecule has 0 aliphatic heterocycles. The maximum Gasteiger partial charge on any atom is 0.117 e. The Morgan fingerprint density at radius 2 is 1.52 bits per heavy atom. The van der Waals surface area contributed by atoms with Crippen LogP contribution in [0.1, 0.15) is 5.56 Å². The molecule has 2 aromatic rings. The highest BCUT2D eigenvalue weighted by molar-refractivity contribution is 8.69. The summed E-state index contributed by atoms with van der Waals surface area (Å²) in [4.78, 5) is 3.93. The van der Waals surface area contributed by atoms with Gasteiger partial charge in [0.25, 0.3) is 0 Å². The highest BCUT2D eigenvalue weighted by atomic mass is 35.5. The van der Waals surface area contributed by atoms with Crippen LogP contribution in [0.2, 0.25) is 0 Å². The van der Waals surface area contributed by atoms with Crippen molar-refractivity contribution in [3.8, 4) is 0 Å². The molecular formula is C17H19Cl2NOS2. The standard InChI is InChI=1S/C17H19Cl2NOS2/c1-14-2-6-16(7-3-14)22-23(21)17-8-4-15(5-9-17)20(12-10-18)13-11-19/h2-9H,10-13H2,1H3. The van der Waals surface area contributed by atoms with Crippen LogP contribution in [-0.2, 0) is 9.83 Å². The SMILES string of the molecule is Cc1ccc(SS(=O)c2ccc(N(CCCl)CCCl)cc2)cc1. The zero-order chi connectivity index (χ0) is 16.7. The molecule has 0 radical (unpaired) electrons. The van der Waals surface area contributed by atoms with Crippen molar-refractivity contribution in [2.24, 2.45) is 0 Å². The van der Waals surface area contributed by atoms with Crippen molar-refractivity contribution in [3.63, 3.8) is 0 Å². The van der Waals surface area contributed by atoms with Gasteiger partial charge in [0.15, 0.2) is 0 Å². The molecule has 0 spiro atoms. The molecule has 0 heterocycles. The number of nitrogens with zero attached hydrogens (tertiary/aromatic N) is 1. The Labute approximate surface area is 154 Å². The van der Waals surface area contributed by atoms with Crippen LogP contribution in [0.4, 0.5) is 5.69 Å². The summed E-state index contributed by atoms with van der Waals surface area (Å²) in [6, 6.07) is 15.8. The monoisotopic (exact) mass is 387 g/mol. The molecule has 0 bridgehead atoms. The highest BCUT2D eigenvalue weighted by Crippen LogP contribution is 2.28. The maximum atomic E-state index is 12.4. The lowest BCUT2D eigenvalue weighted by atomic mass is 10.2. The molecule has 124 valence electrons. The maximum absolute atomic E-state index is 12.4. The lowest BCUT2D eigenvalue weighted by molar-refractivity contribution is 0.691. The minimum atomic E-state index is -1.12. The van der Waals surface area contributed by atoms with Gasteiger partial charge in [-0.1, -0.05) is 17.7 Å². The summed E-state index contributed by atoms with van der Waals surface area (Å²) >= 11 is 11.7. The fraction of sp³-hybridized carbons (Fsp3) is 0.294. The van der Waals surface area contributed by atoms with Gasteiger partial charge in [-0.15, -0.1) is 23.2 Å². The molecule has 23 heavy (non-hydrogen) atoms. The molecule has 2 nitrogen and oxygen atoms in total. The summed E-state index contributed by atoms with van der Waals surface area (Å²) in [7, 11) is 0.233. The number of hydrogen-bond acceptors (Lipinski definition) is 3. The second-order valence-electron chi connectivity index (χ2n) is 4.99. The van der Waals surface area contributed by atoms with Crippen molar-refractivity contribution in [2.75, 3.05) is 29.7 Å². The third-order valence-corrected chi connectivity index (χ3v) is 6.52. The molecule has 0 saturated carbocycles. The van der Waals surface area contributed by atoms with E-state index >= 15 is 0 Å². The van der Waals surface area contributed by atoms with Crippen LogP contribution in [-0.4, -0.2) is 29.1 Å². The Morgan fingerprint density at radius 1 is 0.957 bits per heavy atom. The van der Waals surface area contributed by atoms with Crippen molar-refractivity contribution in [3.05, 3.63) is 54.1 Å². The number of halogens is 2. The van der Waals surface area contributed by atoms with Crippen molar-refractivity contribution < 1.29 is 4.21 Å². The van der Waals surface area contributed by atoms with Gasteiger partial charge in [0.2, 0.25) is 0 Å². The largest absolute Gasteiger partial charge is 0.369 e. The molecule has 6 heteroatoms. The molecule has 0 aliphatic rings. The molecule has 1 unspecified atom stereocenters. The van der Waals surface area contributed by atoms with E-state index in [-0.39, 0.29) is 0 Å². The predicted octanol–water partition coefficient (Wildman–Crippen LogP) is 5.09. The van der Waals surface area contributed by atoms with Gasteiger partial charge in [-0.2, -0.15) is 0 Å². The van der Waals surface area contributed by atoms with Gasteiger partial charge in [-0.3, -0.25) is 0 Å². The first kappa shape index (κ1) is 18.7. The number of alkyl halides is 2.